The van der Waals surface area contributed by atoms with E-state index in [1.165, 1.54) is 4.31 Å². The molecule has 1 heterocycles. The number of ether oxygens (including phenoxy) is 1. The molecule has 0 aromatic heterocycles. The normalized spacial score (nSPS) is 15.4. The summed E-state index contributed by atoms with van der Waals surface area (Å²) in [5.41, 5.74) is 0. The predicted molar refractivity (Wildman–Crippen MR) is 111 cm³/mol. The van der Waals surface area contributed by atoms with Gasteiger partial charge in [-0.2, -0.15) is 4.31 Å². The SMILES string of the molecule is O=C(CCCOc1ccccc1)N1CCN(S(=O)(=O)c2ccc(Br)cc2)CC1. The molecule has 1 aliphatic heterocycles. The predicted octanol–water partition coefficient (Wildman–Crippen LogP) is 3.14. The van der Waals surface area contributed by atoms with Crippen LogP contribution in [0.2, 0.25) is 0 Å². The fraction of sp³-hybridized carbons (Fsp3) is 0.350. The van der Waals surface area contributed by atoms with Crippen LogP contribution in [0, 0.1) is 0 Å². The third-order valence-electron chi connectivity index (χ3n) is 4.59. The Hall–Kier alpha value is -1.90. The summed E-state index contributed by atoms with van der Waals surface area (Å²) in [6.45, 7) is 1.92. The quantitative estimate of drug-likeness (QED) is 0.587. The summed E-state index contributed by atoms with van der Waals surface area (Å²) >= 11 is 3.31. The fourth-order valence-corrected chi connectivity index (χ4v) is 4.71. The Morgan fingerprint density at radius 1 is 0.964 bits per heavy atom. The maximum atomic E-state index is 12.7. The van der Waals surface area contributed by atoms with Crippen LogP contribution >= 0.6 is 15.9 Å². The number of sulfonamides is 1. The van der Waals surface area contributed by atoms with E-state index in [-0.39, 0.29) is 10.8 Å². The highest BCUT2D eigenvalue weighted by molar-refractivity contribution is 9.10. The molecule has 0 aliphatic carbocycles. The Bertz CT molecular complexity index is 880. The number of halogens is 1. The van der Waals surface area contributed by atoms with Crippen molar-refractivity contribution in [3.8, 4) is 5.75 Å². The van der Waals surface area contributed by atoms with Crippen LogP contribution in [0.25, 0.3) is 0 Å². The molecule has 2 aromatic carbocycles. The second-order valence-corrected chi connectivity index (χ2v) is 9.36. The number of piperazine rings is 1. The average molecular weight is 467 g/mol. The van der Waals surface area contributed by atoms with Gasteiger partial charge in [0.2, 0.25) is 15.9 Å². The number of rotatable bonds is 7. The van der Waals surface area contributed by atoms with Crippen molar-refractivity contribution in [2.75, 3.05) is 32.8 Å². The summed E-state index contributed by atoms with van der Waals surface area (Å²) in [4.78, 5) is 14.4. The molecular formula is C20H23BrN2O4S. The Morgan fingerprint density at radius 2 is 1.61 bits per heavy atom. The van der Waals surface area contributed by atoms with Gasteiger partial charge in [0.15, 0.2) is 0 Å². The summed E-state index contributed by atoms with van der Waals surface area (Å²) in [6.07, 6.45) is 1.03. The minimum atomic E-state index is -3.52. The Kier molecular flexibility index (Phi) is 7.09. The molecule has 1 aliphatic rings. The van der Waals surface area contributed by atoms with Gasteiger partial charge in [0.1, 0.15) is 5.75 Å². The van der Waals surface area contributed by atoms with Crippen molar-refractivity contribution in [2.24, 2.45) is 0 Å². The summed E-state index contributed by atoms with van der Waals surface area (Å²) in [5, 5.41) is 0. The monoisotopic (exact) mass is 466 g/mol. The Labute approximate surface area is 174 Å². The second kappa shape index (κ2) is 9.54. The van der Waals surface area contributed by atoms with Crippen LogP contribution < -0.4 is 4.74 Å². The van der Waals surface area contributed by atoms with Crippen LogP contribution in [-0.2, 0) is 14.8 Å². The standard InChI is InChI=1S/C20H23BrN2O4S/c21-17-8-10-19(11-9-17)28(25,26)23-14-12-22(13-15-23)20(24)7-4-16-27-18-5-2-1-3-6-18/h1-3,5-6,8-11H,4,7,12-16H2. The van der Waals surface area contributed by atoms with Gasteiger partial charge in [-0.15, -0.1) is 0 Å². The molecule has 0 saturated carbocycles. The molecule has 1 amide bonds. The maximum absolute atomic E-state index is 12.7. The average Bonchev–Trinajstić information content (AvgIpc) is 2.72. The molecule has 6 nitrogen and oxygen atoms in total. The third-order valence-corrected chi connectivity index (χ3v) is 7.03. The number of benzene rings is 2. The van der Waals surface area contributed by atoms with E-state index in [2.05, 4.69) is 15.9 Å². The first kappa shape index (κ1) is 20.8. The number of amides is 1. The largest absolute Gasteiger partial charge is 0.494 e. The van der Waals surface area contributed by atoms with Crippen LogP contribution in [0.15, 0.2) is 64.0 Å². The minimum absolute atomic E-state index is 0.0392. The molecule has 0 spiro atoms. The zero-order valence-electron chi connectivity index (χ0n) is 15.5. The summed E-state index contributed by atoms with van der Waals surface area (Å²) in [6, 6.07) is 16.1. The van der Waals surface area contributed by atoms with Crippen LogP contribution in [0.3, 0.4) is 0 Å². The van der Waals surface area contributed by atoms with Gasteiger partial charge in [-0.1, -0.05) is 34.1 Å². The van der Waals surface area contributed by atoms with Crippen molar-refractivity contribution < 1.29 is 17.9 Å². The van der Waals surface area contributed by atoms with Crippen molar-refractivity contribution in [3.63, 3.8) is 0 Å². The molecule has 8 heteroatoms. The lowest BCUT2D eigenvalue weighted by Gasteiger charge is -2.34. The number of carbonyl (C=O) groups excluding carboxylic acids is 1. The first-order chi connectivity index (χ1) is 13.5. The lowest BCUT2D eigenvalue weighted by molar-refractivity contribution is -0.132. The first-order valence-electron chi connectivity index (χ1n) is 9.18. The molecule has 0 bridgehead atoms. The molecule has 2 aromatic rings. The van der Waals surface area contributed by atoms with E-state index in [1.54, 1.807) is 29.2 Å². The number of carbonyl (C=O) groups is 1. The number of hydrogen-bond donors (Lipinski definition) is 0. The van der Waals surface area contributed by atoms with Gasteiger partial charge in [0, 0.05) is 37.1 Å². The van der Waals surface area contributed by atoms with Gasteiger partial charge >= 0.3 is 0 Å². The highest BCUT2D eigenvalue weighted by Gasteiger charge is 2.29. The molecule has 1 saturated heterocycles. The van der Waals surface area contributed by atoms with Gasteiger partial charge in [-0.3, -0.25) is 4.79 Å². The second-order valence-electron chi connectivity index (χ2n) is 6.50. The molecule has 0 atom stereocenters. The van der Waals surface area contributed by atoms with Gasteiger partial charge in [0.25, 0.3) is 0 Å². The zero-order valence-corrected chi connectivity index (χ0v) is 17.9. The van der Waals surface area contributed by atoms with Crippen molar-refractivity contribution in [2.45, 2.75) is 17.7 Å². The third kappa shape index (κ3) is 5.33. The van der Waals surface area contributed by atoms with Crippen molar-refractivity contribution >= 4 is 31.9 Å². The molecule has 150 valence electrons. The summed E-state index contributed by atoms with van der Waals surface area (Å²) in [5.74, 6) is 0.832. The first-order valence-corrected chi connectivity index (χ1v) is 11.4. The van der Waals surface area contributed by atoms with Crippen molar-refractivity contribution in [1.82, 2.24) is 9.21 Å². The van der Waals surface area contributed by atoms with Crippen LogP contribution in [0.4, 0.5) is 0 Å². The Morgan fingerprint density at radius 3 is 2.25 bits per heavy atom. The van der Waals surface area contributed by atoms with Crippen LogP contribution in [-0.4, -0.2) is 56.3 Å². The lowest BCUT2D eigenvalue weighted by atomic mass is 10.2. The smallest absolute Gasteiger partial charge is 0.243 e. The number of nitrogens with zero attached hydrogens (tertiary/aromatic N) is 2. The Balaban J connectivity index is 1.44. The van der Waals surface area contributed by atoms with E-state index in [1.807, 2.05) is 30.3 Å². The fourth-order valence-electron chi connectivity index (χ4n) is 3.02. The van der Waals surface area contributed by atoms with Gasteiger partial charge in [-0.25, -0.2) is 8.42 Å². The van der Waals surface area contributed by atoms with E-state index in [0.717, 1.165) is 10.2 Å². The maximum Gasteiger partial charge on any atom is 0.243 e. The summed E-state index contributed by atoms with van der Waals surface area (Å²) in [7, 11) is -3.52. The zero-order chi connectivity index (χ0) is 20.0. The van der Waals surface area contributed by atoms with E-state index in [9.17, 15) is 13.2 Å². The topological polar surface area (TPSA) is 66.9 Å². The van der Waals surface area contributed by atoms with Crippen LogP contribution in [0.1, 0.15) is 12.8 Å². The molecule has 1 fully saturated rings. The number of para-hydroxylation sites is 1. The number of hydrogen-bond acceptors (Lipinski definition) is 4. The van der Waals surface area contributed by atoms with E-state index in [0.29, 0.717) is 45.6 Å². The van der Waals surface area contributed by atoms with Crippen molar-refractivity contribution in [1.29, 1.82) is 0 Å². The molecule has 28 heavy (non-hydrogen) atoms. The van der Waals surface area contributed by atoms with E-state index < -0.39 is 10.0 Å². The van der Waals surface area contributed by atoms with Crippen molar-refractivity contribution in [3.05, 3.63) is 59.1 Å². The highest BCUT2D eigenvalue weighted by Crippen LogP contribution is 2.20. The molecular weight excluding hydrogens is 444 g/mol. The molecule has 0 N–H and O–H groups in total. The lowest BCUT2D eigenvalue weighted by Crippen LogP contribution is -2.50. The van der Waals surface area contributed by atoms with E-state index >= 15 is 0 Å². The van der Waals surface area contributed by atoms with Gasteiger partial charge < -0.3 is 9.64 Å². The highest BCUT2D eigenvalue weighted by atomic mass is 79.9. The van der Waals surface area contributed by atoms with Gasteiger partial charge in [-0.05, 0) is 42.8 Å². The molecule has 0 unspecified atom stereocenters. The van der Waals surface area contributed by atoms with E-state index in [4.69, 9.17) is 4.74 Å². The minimum Gasteiger partial charge on any atom is -0.494 e. The molecule has 3 rings (SSSR count). The molecule has 0 radical (unpaired) electrons. The van der Waals surface area contributed by atoms with Gasteiger partial charge in [0.05, 0.1) is 11.5 Å². The van der Waals surface area contributed by atoms with Crippen LogP contribution in [0.5, 0.6) is 5.75 Å². The summed E-state index contributed by atoms with van der Waals surface area (Å²) < 4.78 is 33.3.